The zero-order chi connectivity index (χ0) is 18.1. The van der Waals surface area contributed by atoms with Crippen LogP contribution in [0.15, 0.2) is 49.1 Å². The molecule has 27 heavy (non-hydrogen) atoms. The van der Waals surface area contributed by atoms with Gasteiger partial charge in [-0.25, -0.2) is 14.6 Å². The zero-order valence-electron chi connectivity index (χ0n) is 14.9. The Labute approximate surface area is 156 Å². The van der Waals surface area contributed by atoms with E-state index >= 15 is 0 Å². The quantitative estimate of drug-likeness (QED) is 0.604. The van der Waals surface area contributed by atoms with Gasteiger partial charge in [0.15, 0.2) is 11.5 Å². The minimum absolute atomic E-state index is 0.687. The van der Waals surface area contributed by atoms with Crippen LogP contribution < -0.4 is 0 Å². The summed E-state index contributed by atoms with van der Waals surface area (Å²) in [6.45, 7) is 1.75. The van der Waals surface area contributed by atoms with Crippen molar-refractivity contribution in [1.82, 2.24) is 29.9 Å². The Hall–Kier alpha value is -3.06. The number of nitrogens with zero attached hydrogens (tertiary/aromatic N) is 5. The Morgan fingerprint density at radius 3 is 2.89 bits per heavy atom. The average Bonchev–Trinajstić information content (AvgIpc) is 3.39. The number of ether oxygens (including phenoxy) is 1. The zero-order valence-corrected chi connectivity index (χ0v) is 14.9. The normalized spacial score (nSPS) is 15.4. The van der Waals surface area contributed by atoms with Gasteiger partial charge in [0.1, 0.15) is 6.33 Å². The summed E-state index contributed by atoms with van der Waals surface area (Å²) in [5.74, 6) is 1.42. The molecule has 0 unspecified atom stereocenters. The number of H-pyrrole nitrogens is 1. The third-order valence-electron chi connectivity index (χ3n) is 5.11. The van der Waals surface area contributed by atoms with Gasteiger partial charge in [-0.3, -0.25) is 5.10 Å². The highest BCUT2D eigenvalue weighted by molar-refractivity contribution is 5.77. The molecule has 4 heterocycles. The second-order valence-electron chi connectivity index (χ2n) is 6.96. The summed E-state index contributed by atoms with van der Waals surface area (Å²) >= 11 is 0. The van der Waals surface area contributed by atoms with E-state index in [0.717, 1.165) is 60.6 Å². The number of hydrogen-bond donors (Lipinski definition) is 1. The molecular formula is C20H20N6O. The lowest BCUT2D eigenvalue weighted by atomic mass is 9.93. The Morgan fingerprint density at radius 1 is 1.11 bits per heavy atom. The number of benzene rings is 1. The Kier molecular flexibility index (Phi) is 4.14. The number of hydrogen-bond acceptors (Lipinski definition) is 5. The second kappa shape index (κ2) is 6.92. The van der Waals surface area contributed by atoms with E-state index in [1.54, 1.807) is 0 Å². The van der Waals surface area contributed by atoms with Gasteiger partial charge in [0.05, 0.1) is 11.9 Å². The fourth-order valence-electron chi connectivity index (χ4n) is 3.68. The summed E-state index contributed by atoms with van der Waals surface area (Å²) in [6.07, 6.45) is 8.69. The van der Waals surface area contributed by atoms with Crippen molar-refractivity contribution in [3.8, 4) is 17.1 Å². The van der Waals surface area contributed by atoms with Gasteiger partial charge in [-0.2, -0.15) is 10.2 Å². The largest absolute Gasteiger partial charge is 0.381 e. The molecule has 5 rings (SSSR count). The van der Waals surface area contributed by atoms with Crippen molar-refractivity contribution in [2.24, 2.45) is 5.92 Å². The first kappa shape index (κ1) is 16.1. The average molecular weight is 360 g/mol. The molecule has 7 nitrogen and oxygen atoms in total. The summed E-state index contributed by atoms with van der Waals surface area (Å²) in [6, 6.07) is 10.2. The molecule has 1 aromatic carbocycles. The molecule has 136 valence electrons. The predicted octanol–water partition coefficient (Wildman–Crippen LogP) is 3.17. The van der Waals surface area contributed by atoms with Crippen LogP contribution in [-0.2, 0) is 11.2 Å². The second-order valence-corrected chi connectivity index (χ2v) is 6.96. The predicted molar refractivity (Wildman–Crippen MR) is 101 cm³/mol. The van der Waals surface area contributed by atoms with Crippen molar-refractivity contribution < 1.29 is 4.74 Å². The van der Waals surface area contributed by atoms with Gasteiger partial charge in [-0.1, -0.05) is 12.1 Å². The minimum Gasteiger partial charge on any atom is -0.381 e. The van der Waals surface area contributed by atoms with Gasteiger partial charge in [-0.15, -0.1) is 0 Å². The fraction of sp³-hybridized carbons (Fsp3) is 0.300. The van der Waals surface area contributed by atoms with Crippen molar-refractivity contribution in [2.45, 2.75) is 19.3 Å². The molecule has 0 spiro atoms. The molecule has 1 saturated heterocycles. The van der Waals surface area contributed by atoms with Crippen LogP contribution in [0.4, 0.5) is 0 Å². The Bertz CT molecular complexity index is 1050. The van der Waals surface area contributed by atoms with Crippen molar-refractivity contribution in [3.05, 3.63) is 54.6 Å². The fourth-order valence-corrected chi connectivity index (χ4v) is 3.68. The number of pyridine rings is 1. The number of fused-ring (bicyclic) bond motifs is 1. The smallest absolute Gasteiger partial charge is 0.162 e. The molecule has 0 bridgehead atoms. The van der Waals surface area contributed by atoms with Crippen LogP contribution in [-0.4, -0.2) is 43.2 Å². The van der Waals surface area contributed by atoms with E-state index in [1.807, 2.05) is 41.3 Å². The number of aromatic nitrogens is 6. The third kappa shape index (κ3) is 3.21. The summed E-state index contributed by atoms with van der Waals surface area (Å²) < 4.78 is 7.33. The summed E-state index contributed by atoms with van der Waals surface area (Å²) in [5, 5.41) is 12.4. The van der Waals surface area contributed by atoms with Crippen LogP contribution in [0, 0.1) is 5.92 Å². The number of aromatic amines is 1. The molecule has 0 atom stereocenters. The molecule has 1 aliphatic rings. The number of rotatable bonds is 4. The van der Waals surface area contributed by atoms with Crippen LogP contribution >= 0.6 is 0 Å². The molecule has 7 heteroatoms. The maximum atomic E-state index is 5.46. The SMILES string of the molecule is c1cc(-c2ncn[nH]2)cc(-n2ncc3cc(CC4CCOCC4)cnc32)c1. The van der Waals surface area contributed by atoms with Crippen molar-refractivity contribution >= 4 is 11.0 Å². The van der Waals surface area contributed by atoms with Crippen LogP contribution in [0.5, 0.6) is 0 Å². The molecule has 4 aromatic rings. The summed E-state index contributed by atoms with van der Waals surface area (Å²) in [4.78, 5) is 8.93. The Morgan fingerprint density at radius 2 is 2.04 bits per heavy atom. The van der Waals surface area contributed by atoms with E-state index in [1.165, 1.54) is 11.9 Å². The molecule has 0 saturated carbocycles. The molecular weight excluding hydrogens is 340 g/mol. The lowest BCUT2D eigenvalue weighted by molar-refractivity contribution is 0.0665. The van der Waals surface area contributed by atoms with E-state index in [-0.39, 0.29) is 0 Å². The summed E-state index contributed by atoms with van der Waals surface area (Å²) in [7, 11) is 0. The highest BCUT2D eigenvalue weighted by atomic mass is 16.5. The topological polar surface area (TPSA) is 81.5 Å². The van der Waals surface area contributed by atoms with Crippen molar-refractivity contribution in [1.29, 1.82) is 0 Å². The molecule has 0 aliphatic carbocycles. The molecule has 0 radical (unpaired) electrons. The standard InChI is InChI=1S/C20H20N6O/c1-2-16(19-22-13-23-25-19)10-18(3-1)26-20-17(12-24-26)9-15(11-21-20)8-14-4-6-27-7-5-14/h1-3,9-14H,4-8H2,(H,22,23,25). The summed E-state index contributed by atoms with van der Waals surface area (Å²) in [5.41, 5.74) is 4.04. The molecule has 1 N–H and O–H groups in total. The van der Waals surface area contributed by atoms with Crippen LogP contribution in [0.25, 0.3) is 28.1 Å². The Balaban J connectivity index is 1.45. The van der Waals surface area contributed by atoms with Gasteiger partial charge < -0.3 is 4.74 Å². The van der Waals surface area contributed by atoms with Gasteiger partial charge in [0.2, 0.25) is 0 Å². The van der Waals surface area contributed by atoms with E-state index in [4.69, 9.17) is 9.72 Å². The molecule has 1 fully saturated rings. The lowest BCUT2D eigenvalue weighted by Crippen LogP contribution is -2.17. The minimum atomic E-state index is 0.687. The van der Waals surface area contributed by atoms with Gasteiger partial charge in [0, 0.05) is 30.4 Å². The maximum absolute atomic E-state index is 5.46. The van der Waals surface area contributed by atoms with Crippen molar-refractivity contribution in [3.63, 3.8) is 0 Å². The van der Waals surface area contributed by atoms with E-state index in [2.05, 4.69) is 26.3 Å². The van der Waals surface area contributed by atoms with Crippen molar-refractivity contribution in [2.75, 3.05) is 13.2 Å². The monoisotopic (exact) mass is 360 g/mol. The molecule has 0 amide bonds. The first-order valence-electron chi connectivity index (χ1n) is 9.23. The maximum Gasteiger partial charge on any atom is 0.162 e. The van der Waals surface area contributed by atoms with Crippen LogP contribution in [0.3, 0.4) is 0 Å². The van der Waals surface area contributed by atoms with Crippen LogP contribution in [0.2, 0.25) is 0 Å². The van der Waals surface area contributed by atoms with Gasteiger partial charge in [0.25, 0.3) is 0 Å². The van der Waals surface area contributed by atoms with Gasteiger partial charge in [-0.05, 0) is 48.9 Å². The first-order valence-corrected chi connectivity index (χ1v) is 9.23. The van der Waals surface area contributed by atoms with Gasteiger partial charge >= 0.3 is 0 Å². The van der Waals surface area contributed by atoms with E-state index in [9.17, 15) is 0 Å². The number of nitrogens with one attached hydrogen (secondary N) is 1. The highest BCUT2D eigenvalue weighted by Crippen LogP contribution is 2.24. The molecule has 3 aromatic heterocycles. The van der Waals surface area contributed by atoms with E-state index in [0.29, 0.717) is 5.92 Å². The lowest BCUT2D eigenvalue weighted by Gasteiger charge is -2.21. The van der Waals surface area contributed by atoms with E-state index < -0.39 is 0 Å². The highest BCUT2D eigenvalue weighted by Gasteiger charge is 2.15. The first-order chi connectivity index (χ1) is 13.4. The van der Waals surface area contributed by atoms with Crippen LogP contribution in [0.1, 0.15) is 18.4 Å². The molecule has 1 aliphatic heterocycles. The third-order valence-corrected chi connectivity index (χ3v) is 5.11.